The van der Waals surface area contributed by atoms with Gasteiger partial charge in [-0.3, -0.25) is 0 Å². The van der Waals surface area contributed by atoms with E-state index in [0.29, 0.717) is 6.04 Å². The Labute approximate surface area is 128 Å². The Kier molecular flexibility index (Phi) is 3.28. The monoisotopic (exact) mass is 298 g/mol. The van der Waals surface area contributed by atoms with Crippen molar-refractivity contribution in [3.63, 3.8) is 0 Å². The number of para-hydroxylation sites is 1. The van der Waals surface area contributed by atoms with Crippen LogP contribution < -0.4 is 5.32 Å². The molecule has 0 radical (unpaired) electrons. The average molecular weight is 298 g/mol. The van der Waals surface area contributed by atoms with E-state index < -0.39 is 0 Å². The first-order valence-corrected chi connectivity index (χ1v) is 8.29. The highest BCUT2D eigenvalue weighted by Gasteiger charge is 2.27. The van der Waals surface area contributed by atoms with Gasteiger partial charge in [0.05, 0.1) is 16.8 Å². The quantitative estimate of drug-likeness (QED) is 0.756. The second kappa shape index (κ2) is 5.28. The number of rotatable bonds is 5. The van der Waals surface area contributed by atoms with Crippen molar-refractivity contribution in [1.29, 1.82) is 0 Å². The molecule has 1 aromatic carbocycles. The van der Waals surface area contributed by atoms with Crippen molar-refractivity contribution in [2.45, 2.75) is 32.4 Å². The lowest BCUT2D eigenvalue weighted by atomic mass is 10.2. The molecule has 0 aliphatic heterocycles. The summed E-state index contributed by atoms with van der Waals surface area (Å²) in [6.07, 6.45) is 2.73. The summed E-state index contributed by atoms with van der Waals surface area (Å²) in [5, 5.41) is 4.50. The molecule has 3 nitrogen and oxygen atoms in total. The Morgan fingerprint density at radius 1 is 1.29 bits per heavy atom. The van der Waals surface area contributed by atoms with Gasteiger partial charge < -0.3 is 9.73 Å². The average Bonchev–Trinajstić information content (AvgIpc) is 3.10. The van der Waals surface area contributed by atoms with E-state index in [-0.39, 0.29) is 0 Å². The van der Waals surface area contributed by atoms with Crippen molar-refractivity contribution >= 4 is 21.6 Å². The Hall–Kier alpha value is -1.65. The van der Waals surface area contributed by atoms with Crippen molar-refractivity contribution in [1.82, 2.24) is 10.3 Å². The third kappa shape index (κ3) is 2.74. The first kappa shape index (κ1) is 13.0. The third-order valence-corrected chi connectivity index (χ3v) is 5.14. The maximum Gasteiger partial charge on any atom is 0.163 e. The van der Waals surface area contributed by atoms with Crippen LogP contribution in [0.25, 0.3) is 21.0 Å². The van der Waals surface area contributed by atoms with Crippen molar-refractivity contribution in [2.75, 3.05) is 0 Å². The van der Waals surface area contributed by atoms with Crippen LogP contribution in [0.4, 0.5) is 0 Å². The molecule has 0 bridgehead atoms. The minimum atomic E-state index is 0.584. The summed E-state index contributed by atoms with van der Waals surface area (Å²) in [7, 11) is 0. The van der Waals surface area contributed by atoms with Gasteiger partial charge in [-0.2, -0.15) is 0 Å². The minimum absolute atomic E-state index is 0.584. The predicted molar refractivity (Wildman–Crippen MR) is 86.3 cm³/mol. The van der Waals surface area contributed by atoms with E-state index in [2.05, 4.69) is 23.3 Å². The van der Waals surface area contributed by atoms with E-state index in [9.17, 15) is 0 Å². The second-order valence-corrected chi connectivity index (χ2v) is 6.79. The van der Waals surface area contributed by atoms with Crippen molar-refractivity contribution in [2.24, 2.45) is 5.92 Å². The molecule has 1 fully saturated rings. The molecule has 0 amide bonds. The molecular formula is C17H18N2OS. The minimum Gasteiger partial charge on any atom is -0.457 e. The molecule has 1 saturated carbocycles. The molecule has 1 aliphatic rings. The van der Waals surface area contributed by atoms with Crippen LogP contribution in [0.15, 0.2) is 40.8 Å². The van der Waals surface area contributed by atoms with Gasteiger partial charge in [-0.25, -0.2) is 4.98 Å². The maximum atomic E-state index is 5.94. The molecule has 2 aromatic heterocycles. The molecule has 4 rings (SSSR count). The number of hydrogen-bond donors (Lipinski definition) is 1. The van der Waals surface area contributed by atoms with E-state index in [1.54, 1.807) is 11.3 Å². The number of nitrogens with zero attached hydrogens (tertiary/aromatic N) is 1. The zero-order valence-corrected chi connectivity index (χ0v) is 12.8. The maximum absolute atomic E-state index is 5.94. The SMILES string of the molecule is CC(NCc1ccc(-c2nc3ccccc3s2)o1)C1CC1. The summed E-state index contributed by atoms with van der Waals surface area (Å²) < 4.78 is 7.14. The summed E-state index contributed by atoms with van der Waals surface area (Å²) in [5.74, 6) is 2.72. The fraction of sp³-hybridized carbons (Fsp3) is 0.353. The molecule has 0 spiro atoms. The summed E-state index contributed by atoms with van der Waals surface area (Å²) in [6, 6.07) is 12.9. The van der Waals surface area contributed by atoms with E-state index >= 15 is 0 Å². The van der Waals surface area contributed by atoms with E-state index in [0.717, 1.165) is 34.5 Å². The van der Waals surface area contributed by atoms with E-state index in [4.69, 9.17) is 4.42 Å². The topological polar surface area (TPSA) is 38.1 Å². The lowest BCUT2D eigenvalue weighted by molar-refractivity contribution is 0.440. The van der Waals surface area contributed by atoms with Gasteiger partial charge in [0.2, 0.25) is 0 Å². The molecule has 108 valence electrons. The first-order chi connectivity index (χ1) is 10.3. The van der Waals surface area contributed by atoms with Gasteiger partial charge in [-0.15, -0.1) is 11.3 Å². The number of thiazole rings is 1. The van der Waals surface area contributed by atoms with Gasteiger partial charge in [-0.1, -0.05) is 12.1 Å². The Morgan fingerprint density at radius 2 is 2.14 bits per heavy atom. The second-order valence-electron chi connectivity index (χ2n) is 5.76. The molecule has 1 aliphatic carbocycles. The zero-order valence-electron chi connectivity index (χ0n) is 12.0. The van der Waals surface area contributed by atoms with Crippen LogP contribution in [0.1, 0.15) is 25.5 Å². The number of aromatic nitrogens is 1. The Bertz CT molecular complexity index is 724. The van der Waals surface area contributed by atoms with Crippen LogP contribution in [-0.2, 0) is 6.54 Å². The molecular weight excluding hydrogens is 280 g/mol. The lowest BCUT2D eigenvalue weighted by Gasteiger charge is -2.10. The van der Waals surface area contributed by atoms with Gasteiger partial charge in [-0.05, 0) is 49.9 Å². The summed E-state index contributed by atoms with van der Waals surface area (Å²) in [5.41, 5.74) is 1.04. The number of benzene rings is 1. The molecule has 1 unspecified atom stereocenters. The van der Waals surface area contributed by atoms with Crippen molar-refractivity contribution in [3.8, 4) is 10.8 Å². The number of furan rings is 1. The van der Waals surface area contributed by atoms with Gasteiger partial charge in [0.15, 0.2) is 10.8 Å². The molecule has 21 heavy (non-hydrogen) atoms. The lowest BCUT2D eigenvalue weighted by Crippen LogP contribution is -2.26. The molecule has 4 heteroatoms. The fourth-order valence-corrected chi connectivity index (χ4v) is 3.52. The highest BCUT2D eigenvalue weighted by Crippen LogP contribution is 2.33. The fourth-order valence-electron chi connectivity index (χ4n) is 2.59. The zero-order chi connectivity index (χ0) is 14.2. The van der Waals surface area contributed by atoms with Crippen LogP contribution >= 0.6 is 11.3 Å². The first-order valence-electron chi connectivity index (χ1n) is 7.47. The van der Waals surface area contributed by atoms with Crippen LogP contribution in [0.2, 0.25) is 0 Å². The molecule has 1 atom stereocenters. The van der Waals surface area contributed by atoms with Gasteiger partial charge in [0.1, 0.15) is 5.76 Å². The highest BCUT2D eigenvalue weighted by molar-refractivity contribution is 7.21. The standard InChI is InChI=1S/C17H18N2OS/c1-11(12-6-7-12)18-10-13-8-9-15(20-13)17-19-14-4-2-3-5-16(14)21-17/h2-5,8-9,11-12,18H,6-7,10H2,1H3. The largest absolute Gasteiger partial charge is 0.457 e. The van der Waals surface area contributed by atoms with Crippen LogP contribution in [0, 0.1) is 5.92 Å². The molecule has 1 N–H and O–H groups in total. The summed E-state index contributed by atoms with van der Waals surface area (Å²) in [6.45, 7) is 3.05. The van der Waals surface area contributed by atoms with Crippen molar-refractivity contribution in [3.05, 3.63) is 42.2 Å². The van der Waals surface area contributed by atoms with E-state index in [1.165, 1.54) is 17.5 Å². The van der Waals surface area contributed by atoms with Gasteiger partial charge in [0.25, 0.3) is 0 Å². The Morgan fingerprint density at radius 3 is 2.95 bits per heavy atom. The van der Waals surface area contributed by atoms with Crippen LogP contribution in [0.5, 0.6) is 0 Å². The van der Waals surface area contributed by atoms with Crippen LogP contribution in [-0.4, -0.2) is 11.0 Å². The highest BCUT2D eigenvalue weighted by atomic mass is 32.1. The van der Waals surface area contributed by atoms with Crippen LogP contribution in [0.3, 0.4) is 0 Å². The molecule has 3 aromatic rings. The summed E-state index contributed by atoms with van der Waals surface area (Å²) in [4.78, 5) is 4.63. The molecule has 2 heterocycles. The predicted octanol–water partition coefficient (Wildman–Crippen LogP) is 4.44. The van der Waals surface area contributed by atoms with Gasteiger partial charge in [0, 0.05) is 6.04 Å². The summed E-state index contributed by atoms with van der Waals surface area (Å²) >= 11 is 1.68. The van der Waals surface area contributed by atoms with Gasteiger partial charge >= 0.3 is 0 Å². The third-order valence-electron chi connectivity index (χ3n) is 4.09. The smallest absolute Gasteiger partial charge is 0.163 e. The Balaban J connectivity index is 1.50. The molecule has 0 saturated heterocycles. The number of nitrogens with one attached hydrogen (secondary N) is 1. The normalized spacial score (nSPS) is 16.4. The number of fused-ring (bicyclic) bond motifs is 1. The van der Waals surface area contributed by atoms with Crippen molar-refractivity contribution < 1.29 is 4.42 Å². The number of hydrogen-bond acceptors (Lipinski definition) is 4. The van der Waals surface area contributed by atoms with E-state index in [1.807, 2.05) is 30.3 Å².